The van der Waals surface area contributed by atoms with Gasteiger partial charge in [0.05, 0.1) is 19.2 Å². The lowest BCUT2D eigenvalue weighted by Crippen LogP contribution is -2.26. The molecule has 1 unspecified atom stereocenters. The standard InChI is InChI=1S/C19H24N2OS/c1-2-3-4-5-11-17(21-19-20-12-14-23-19)16-10-6-8-15-9-7-13-22-18(15)16/h6,8,10,17H,2-3,7,9,11-14H2,1H3,(H,20,21). The molecule has 0 radical (unpaired) electrons. The van der Waals surface area contributed by atoms with Crippen LogP contribution in [0.1, 0.15) is 49.8 Å². The Morgan fingerprint density at radius 3 is 3.17 bits per heavy atom. The molecule has 1 N–H and O–H groups in total. The zero-order chi connectivity index (χ0) is 15.9. The van der Waals surface area contributed by atoms with Crippen LogP contribution in [0.25, 0.3) is 0 Å². The van der Waals surface area contributed by atoms with Crippen LogP contribution < -0.4 is 10.1 Å². The van der Waals surface area contributed by atoms with Gasteiger partial charge >= 0.3 is 0 Å². The zero-order valence-corrected chi connectivity index (χ0v) is 14.5. The Morgan fingerprint density at radius 1 is 1.39 bits per heavy atom. The molecule has 3 nitrogen and oxygen atoms in total. The summed E-state index contributed by atoms with van der Waals surface area (Å²) in [5.74, 6) is 8.73. The summed E-state index contributed by atoms with van der Waals surface area (Å²) in [4.78, 5) is 4.54. The smallest absolute Gasteiger partial charge is 0.157 e. The van der Waals surface area contributed by atoms with E-state index in [-0.39, 0.29) is 6.04 Å². The highest BCUT2D eigenvalue weighted by atomic mass is 32.2. The Balaban J connectivity index is 1.83. The van der Waals surface area contributed by atoms with Gasteiger partial charge < -0.3 is 10.1 Å². The van der Waals surface area contributed by atoms with Crippen molar-refractivity contribution in [3.63, 3.8) is 0 Å². The minimum absolute atomic E-state index is 0.150. The number of nitrogens with zero attached hydrogens (tertiary/aromatic N) is 1. The highest BCUT2D eigenvalue weighted by Crippen LogP contribution is 2.34. The van der Waals surface area contributed by atoms with E-state index in [0.717, 1.165) is 61.9 Å². The summed E-state index contributed by atoms with van der Waals surface area (Å²) in [5.41, 5.74) is 2.55. The summed E-state index contributed by atoms with van der Waals surface area (Å²) in [6.45, 7) is 3.88. The van der Waals surface area contributed by atoms with E-state index in [1.54, 1.807) is 11.8 Å². The van der Waals surface area contributed by atoms with Crippen LogP contribution in [-0.4, -0.2) is 24.1 Å². The SMILES string of the molecule is CCCC#CCC(NC1=NCCS1)c1cccc2c1OCCC2. The molecule has 2 aliphatic rings. The molecule has 0 amide bonds. The summed E-state index contributed by atoms with van der Waals surface area (Å²) in [6, 6.07) is 6.64. The van der Waals surface area contributed by atoms with E-state index < -0.39 is 0 Å². The van der Waals surface area contributed by atoms with Crippen molar-refractivity contribution in [2.75, 3.05) is 18.9 Å². The van der Waals surface area contributed by atoms with Gasteiger partial charge in [-0.25, -0.2) is 0 Å². The fraction of sp³-hybridized carbons (Fsp3) is 0.526. The average molecular weight is 328 g/mol. The number of rotatable bonds is 4. The lowest BCUT2D eigenvalue weighted by molar-refractivity contribution is 0.283. The summed E-state index contributed by atoms with van der Waals surface area (Å²) in [5, 5.41) is 4.63. The van der Waals surface area contributed by atoms with Crippen molar-refractivity contribution in [1.29, 1.82) is 0 Å². The van der Waals surface area contributed by atoms with Crippen LogP contribution in [-0.2, 0) is 6.42 Å². The van der Waals surface area contributed by atoms with E-state index in [0.29, 0.717) is 0 Å². The van der Waals surface area contributed by atoms with Gasteiger partial charge in [-0.3, -0.25) is 4.99 Å². The zero-order valence-electron chi connectivity index (χ0n) is 13.7. The molecule has 0 saturated carbocycles. The third-order valence-corrected chi connectivity index (χ3v) is 4.94. The fourth-order valence-corrected chi connectivity index (χ4v) is 3.67. The molecule has 1 atom stereocenters. The van der Waals surface area contributed by atoms with Crippen LogP contribution in [0.5, 0.6) is 5.75 Å². The van der Waals surface area contributed by atoms with Crippen molar-refractivity contribution in [2.24, 2.45) is 4.99 Å². The minimum Gasteiger partial charge on any atom is -0.493 e. The number of para-hydroxylation sites is 1. The van der Waals surface area contributed by atoms with Gasteiger partial charge in [0.15, 0.2) is 5.17 Å². The van der Waals surface area contributed by atoms with E-state index in [4.69, 9.17) is 4.74 Å². The molecule has 0 aromatic heterocycles. The van der Waals surface area contributed by atoms with E-state index in [9.17, 15) is 0 Å². The molecule has 0 spiro atoms. The molecule has 23 heavy (non-hydrogen) atoms. The number of amidine groups is 1. The van der Waals surface area contributed by atoms with Gasteiger partial charge in [-0.05, 0) is 24.8 Å². The predicted molar refractivity (Wildman–Crippen MR) is 98.2 cm³/mol. The topological polar surface area (TPSA) is 33.6 Å². The van der Waals surface area contributed by atoms with E-state index in [1.165, 1.54) is 11.1 Å². The number of unbranched alkanes of at least 4 members (excludes halogenated alkanes) is 1. The summed E-state index contributed by atoms with van der Waals surface area (Å²) < 4.78 is 5.99. The number of nitrogens with one attached hydrogen (secondary N) is 1. The molecule has 3 rings (SSSR count). The number of hydrogen-bond donors (Lipinski definition) is 1. The molecule has 0 bridgehead atoms. The van der Waals surface area contributed by atoms with Gasteiger partial charge in [0, 0.05) is 24.2 Å². The average Bonchev–Trinajstić information content (AvgIpc) is 3.10. The van der Waals surface area contributed by atoms with Crippen molar-refractivity contribution in [3.05, 3.63) is 29.3 Å². The molecular formula is C19H24N2OS. The fourth-order valence-electron chi connectivity index (χ4n) is 2.89. The van der Waals surface area contributed by atoms with Crippen LogP contribution >= 0.6 is 11.8 Å². The van der Waals surface area contributed by atoms with Crippen LogP contribution in [0.4, 0.5) is 0 Å². The van der Waals surface area contributed by atoms with Crippen LogP contribution in [0.2, 0.25) is 0 Å². The van der Waals surface area contributed by atoms with E-state index in [1.807, 2.05) is 0 Å². The number of benzene rings is 1. The third-order valence-electron chi connectivity index (χ3n) is 4.03. The maximum absolute atomic E-state index is 5.99. The Morgan fingerprint density at radius 2 is 2.35 bits per heavy atom. The maximum Gasteiger partial charge on any atom is 0.157 e. The Bertz CT molecular complexity index is 630. The second-order valence-corrected chi connectivity index (χ2v) is 6.91. The number of aryl methyl sites for hydroxylation is 1. The first kappa shape index (κ1) is 16.3. The maximum atomic E-state index is 5.99. The van der Waals surface area contributed by atoms with Gasteiger partial charge in [0.1, 0.15) is 5.75 Å². The summed E-state index contributed by atoms with van der Waals surface area (Å²) in [6.07, 6.45) is 5.07. The van der Waals surface area contributed by atoms with Gasteiger partial charge in [-0.15, -0.1) is 11.8 Å². The van der Waals surface area contributed by atoms with Crippen LogP contribution in [0.3, 0.4) is 0 Å². The molecule has 1 aromatic carbocycles. The second-order valence-electron chi connectivity index (χ2n) is 5.83. The van der Waals surface area contributed by atoms with Crippen LogP contribution in [0.15, 0.2) is 23.2 Å². The van der Waals surface area contributed by atoms with Crippen LogP contribution in [0, 0.1) is 11.8 Å². The molecule has 4 heteroatoms. The highest BCUT2D eigenvalue weighted by molar-refractivity contribution is 8.14. The van der Waals surface area contributed by atoms with Crippen molar-refractivity contribution >= 4 is 16.9 Å². The van der Waals surface area contributed by atoms with E-state index in [2.05, 4.69) is 47.3 Å². The van der Waals surface area contributed by atoms with Crippen molar-refractivity contribution in [2.45, 2.75) is 45.1 Å². The first-order valence-electron chi connectivity index (χ1n) is 8.52. The van der Waals surface area contributed by atoms with Gasteiger partial charge in [0.2, 0.25) is 0 Å². The first-order valence-corrected chi connectivity index (χ1v) is 9.51. The number of ether oxygens (including phenoxy) is 1. The second kappa shape index (κ2) is 8.31. The first-order chi connectivity index (χ1) is 11.4. The lowest BCUT2D eigenvalue weighted by atomic mass is 9.96. The van der Waals surface area contributed by atoms with Gasteiger partial charge in [0.25, 0.3) is 0 Å². The largest absolute Gasteiger partial charge is 0.493 e. The number of hydrogen-bond acceptors (Lipinski definition) is 4. The lowest BCUT2D eigenvalue weighted by Gasteiger charge is -2.25. The molecule has 2 heterocycles. The van der Waals surface area contributed by atoms with Gasteiger partial charge in [-0.1, -0.05) is 36.9 Å². The Hall–Kier alpha value is -1.60. The minimum atomic E-state index is 0.150. The molecule has 0 saturated heterocycles. The molecular weight excluding hydrogens is 304 g/mol. The summed E-state index contributed by atoms with van der Waals surface area (Å²) in [7, 11) is 0. The molecule has 2 aliphatic heterocycles. The van der Waals surface area contributed by atoms with Crippen molar-refractivity contribution in [3.8, 4) is 17.6 Å². The third kappa shape index (κ3) is 4.23. The summed E-state index contributed by atoms with van der Waals surface area (Å²) >= 11 is 1.80. The quantitative estimate of drug-likeness (QED) is 0.850. The number of aliphatic imine (C=N–C) groups is 1. The van der Waals surface area contributed by atoms with E-state index >= 15 is 0 Å². The Labute approximate surface area is 143 Å². The highest BCUT2D eigenvalue weighted by Gasteiger charge is 2.22. The monoisotopic (exact) mass is 328 g/mol. The molecule has 0 fully saturated rings. The number of thioether (sulfide) groups is 1. The van der Waals surface area contributed by atoms with Crippen molar-refractivity contribution < 1.29 is 4.74 Å². The number of fused-ring (bicyclic) bond motifs is 1. The molecule has 122 valence electrons. The van der Waals surface area contributed by atoms with Gasteiger partial charge in [-0.2, -0.15) is 0 Å². The molecule has 0 aliphatic carbocycles. The predicted octanol–water partition coefficient (Wildman–Crippen LogP) is 3.94. The van der Waals surface area contributed by atoms with Crippen molar-refractivity contribution in [1.82, 2.24) is 5.32 Å². The normalized spacial score (nSPS) is 17.3. The Kier molecular flexibility index (Phi) is 5.87. The molecule has 1 aromatic rings.